The third-order valence-electron chi connectivity index (χ3n) is 4.86. The highest BCUT2D eigenvalue weighted by atomic mass is 16.5. The second-order valence-electron chi connectivity index (χ2n) is 7.67. The van der Waals surface area contributed by atoms with Gasteiger partial charge in [0, 0.05) is 11.1 Å². The molecule has 0 bridgehead atoms. The fourth-order valence-electron chi connectivity index (χ4n) is 3.13. The van der Waals surface area contributed by atoms with Crippen LogP contribution in [0.25, 0.3) is 11.1 Å². The third kappa shape index (κ3) is 6.67. The van der Waals surface area contributed by atoms with Crippen molar-refractivity contribution in [2.45, 2.75) is 46.5 Å². The summed E-state index contributed by atoms with van der Waals surface area (Å²) in [6.07, 6.45) is 6.48. The van der Waals surface area contributed by atoms with Gasteiger partial charge in [-0.3, -0.25) is 9.59 Å². The number of carbonyl (C=O) groups is 2. The van der Waals surface area contributed by atoms with Crippen molar-refractivity contribution < 1.29 is 14.3 Å². The summed E-state index contributed by atoms with van der Waals surface area (Å²) in [5, 5.41) is 0. The average Bonchev–Trinajstić information content (AvgIpc) is 2.67. The van der Waals surface area contributed by atoms with Crippen LogP contribution in [0.4, 0.5) is 0 Å². The summed E-state index contributed by atoms with van der Waals surface area (Å²) >= 11 is 0. The molecular weight excluding hydrogens is 336 g/mol. The molecule has 0 saturated carbocycles. The Hall–Kier alpha value is -2.42. The fraction of sp³-hybridized carbons (Fsp3) is 0.417. The molecule has 0 aliphatic carbocycles. The minimum Gasteiger partial charge on any atom is -0.494 e. The normalized spacial score (nSPS) is 12.0. The first kappa shape index (κ1) is 20.9. The highest BCUT2D eigenvalue weighted by Gasteiger charge is 2.07. The number of rotatable bonds is 11. The molecule has 27 heavy (non-hydrogen) atoms. The van der Waals surface area contributed by atoms with Crippen LogP contribution in [0, 0.1) is 11.8 Å². The first-order chi connectivity index (χ1) is 13.0. The van der Waals surface area contributed by atoms with Crippen molar-refractivity contribution in [1.29, 1.82) is 0 Å². The SMILES string of the molecule is CC(C)CCCC(C)CCOc1ccc(-c2cc(C=O)ccc2C=O)cc1. The first-order valence-electron chi connectivity index (χ1n) is 9.81. The number of ether oxygens (including phenoxy) is 1. The van der Waals surface area contributed by atoms with Crippen molar-refractivity contribution in [2.75, 3.05) is 6.61 Å². The summed E-state index contributed by atoms with van der Waals surface area (Å²) < 4.78 is 5.87. The Morgan fingerprint density at radius 1 is 0.889 bits per heavy atom. The number of carbonyl (C=O) groups excluding carboxylic acids is 2. The lowest BCUT2D eigenvalue weighted by atomic mass is 9.97. The molecule has 3 nitrogen and oxygen atoms in total. The predicted octanol–water partition coefficient (Wildman–Crippen LogP) is 6.21. The Kier molecular flexibility index (Phi) is 8.25. The van der Waals surface area contributed by atoms with Gasteiger partial charge in [0.1, 0.15) is 12.0 Å². The minimum atomic E-state index is 0.558. The van der Waals surface area contributed by atoms with Gasteiger partial charge in [-0.2, -0.15) is 0 Å². The molecule has 0 N–H and O–H groups in total. The number of hydrogen-bond donors (Lipinski definition) is 0. The summed E-state index contributed by atoms with van der Waals surface area (Å²) in [5.74, 6) is 2.27. The Morgan fingerprint density at radius 2 is 1.63 bits per heavy atom. The molecule has 1 atom stereocenters. The maximum Gasteiger partial charge on any atom is 0.150 e. The predicted molar refractivity (Wildman–Crippen MR) is 111 cm³/mol. The highest BCUT2D eigenvalue weighted by molar-refractivity contribution is 5.90. The molecule has 2 rings (SSSR count). The van der Waals surface area contributed by atoms with Crippen molar-refractivity contribution in [3.05, 3.63) is 53.6 Å². The van der Waals surface area contributed by atoms with Crippen LogP contribution in [-0.4, -0.2) is 19.2 Å². The van der Waals surface area contributed by atoms with Gasteiger partial charge >= 0.3 is 0 Å². The van der Waals surface area contributed by atoms with Crippen LogP contribution >= 0.6 is 0 Å². The van der Waals surface area contributed by atoms with Gasteiger partial charge in [0.25, 0.3) is 0 Å². The van der Waals surface area contributed by atoms with Crippen molar-refractivity contribution >= 4 is 12.6 Å². The molecule has 0 radical (unpaired) electrons. The average molecular weight is 367 g/mol. The Bertz CT molecular complexity index is 732. The third-order valence-corrected chi connectivity index (χ3v) is 4.86. The zero-order valence-corrected chi connectivity index (χ0v) is 16.6. The van der Waals surface area contributed by atoms with Crippen LogP contribution in [0.1, 0.15) is 67.2 Å². The molecule has 2 aromatic carbocycles. The summed E-state index contributed by atoms with van der Waals surface area (Å²) in [4.78, 5) is 22.3. The van der Waals surface area contributed by atoms with Crippen LogP contribution in [0.3, 0.4) is 0 Å². The van der Waals surface area contributed by atoms with Crippen LogP contribution in [0.5, 0.6) is 5.75 Å². The molecule has 144 valence electrons. The van der Waals surface area contributed by atoms with E-state index in [2.05, 4.69) is 20.8 Å². The van der Waals surface area contributed by atoms with Gasteiger partial charge in [-0.05, 0) is 47.6 Å². The molecule has 3 heteroatoms. The van der Waals surface area contributed by atoms with Crippen molar-refractivity contribution in [1.82, 2.24) is 0 Å². The summed E-state index contributed by atoms with van der Waals surface area (Å²) in [5.41, 5.74) is 2.79. The monoisotopic (exact) mass is 366 g/mol. The molecule has 0 aliphatic heterocycles. The van der Waals surface area contributed by atoms with Crippen LogP contribution in [-0.2, 0) is 0 Å². The largest absolute Gasteiger partial charge is 0.494 e. The number of hydrogen-bond acceptors (Lipinski definition) is 3. The molecule has 0 saturated heterocycles. The van der Waals surface area contributed by atoms with Gasteiger partial charge < -0.3 is 4.74 Å². The van der Waals surface area contributed by atoms with E-state index in [-0.39, 0.29) is 0 Å². The molecule has 0 heterocycles. The van der Waals surface area contributed by atoms with Crippen LogP contribution in [0.15, 0.2) is 42.5 Å². The molecule has 0 spiro atoms. The minimum absolute atomic E-state index is 0.558. The van der Waals surface area contributed by atoms with Gasteiger partial charge in [0.2, 0.25) is 0 Å². The van der Waals surface area contributed by atoms with E-state index >= 15 is 0 Å². The molecule has 1 unspecified atom stereocenters. The topological polar surface area (TPSA) is 43.4 Å². The molecular formula is C24H30O3. The standard InChI is InChI=1S/C24H30O3/c1-18(2)5-4-6-19(3)13-14-27-23-11-9-21(10-12-23)24-15-20(16-25)7-8-22(24)17-26/h7-12,15-19H,4-6,13-14H2,1-3H3. The van der Waals surface area contributed by atoms with Gasteiger partial charge in [0.05, 0.1) is 6.61 Å². The van der Waals surface area contributed by atoms with Crippen molar-refractivity contribution in [3.63, 3.8) is 0 Å². The Labute approximate surface area is 162 Å². The van der Waals surface area contributed by atoms with Gasteiger partial charge in [-0.25, -0.2) is 0 Å². The van der Waals surface area contributed by atoms with E-state index in [0.717, 1.165) is 41.8 Å². The summed E-state index contributed by atoms with van der Waals surface area (Å²) in [7, 11) is 0. The number of aldehydes is 2. The van der Waals surface area contributed by atoms with Gasteiger partial charge in [0.15, 0.2) is 6.29 Å². The summed E-state index contributed by atoms with van der Waals surface area (Å²) in [6, 6.07) is 12.8. The molecule has 0 aliphatic rings. The second-order valence-corrected chi connectivity index (χ2v) is 7.67. The number of benzene rings is 2. The molecule has 0 aromatic heterocycles. The van der Waals surface area contributed by atoms with Crippen molar-refractivity contribution in [3.8, 4) is 16.9 Å². The maximum absolute atomic E-state index is 11.3. The molecule has 0 amide bonds. The lowest BCUT2D eigenvalue weighted by Gasteiger charge is -2.13. The van der Waals surface area contributed by atoms with E-state index < -0.39 is 0 Å². The summed E-state index contributed by atoms with van der Waals surface area (Å²) in [6.45, 7) is 7.53. The van der Waals surface area contributed by atoms with E-state index in [1.165, 1.54) is 19.3 Å². The van der Waals surface area contributed by atoms with Crippen molar-refractivity contribution in [2.24, 2.45) is 11.8 Å². The molecule has 0 fully saturated rings. The highest BCUT2D eigenvalue weighted by Crippen LogP contribution is 2.26. The van der Waals surface area contributed by atoms with Gasteiger partial charge in [-0.15, -0.1) is 0 Å². The van der Waals surface area contributed by atoms with E-state index in [1.807, 2.05) is 24.3 Å². The van der Waals surface area contributed by atoms with E-state index in [0.29, 0.717) is 23.7 Å². The van der Waals surface area contributed by atoms with Crippen LogP contribution in [0.2, 0.25) is 0 Å². The zero-order chi connectivity index (χ0) is 19.6. The quantitative estimate of drug-likeness (QED) is 0.444. The Balaban J connectivity index is 1.90. The second kappa shape index (κ2) is 10.7. The lowest BCUT2D eigenvalue weighted by molar-refractivity contribution is 0.111. The maximum atomic E-state index is 11.3. The smallest absolute Gasteiger partial charge is 0.150 e. The fourth-order valence-corrected chi connectivity index (χ4v) is 3.13. The first-order valence-corrected chi connectivity index (χ1v) is 9.81. The van der Waals surface area contributed by atoms with E-state index in [1.54, 1.807) is 18.2 Å². The zero-order valence-electron chi connectivity index (χ0n) is 16.6. The van der Waals surface area contributed by atoms with E-state index in [4.69, 9.17) is 4.74 Å². The molecule has 2 aromatic rings. The van der Waals surface area contributed by atoms with E-state index in [9.17, 15) is 9.59 Å². The Morgan fingerprint density at radius 3 is 2.26 bits per heavy atom. The van der Waals surface area contributed by atoms with Gasteiger partial charge in [-0.1, -0.05) is 64.3 Å². The lowest BCUT2D eigenvalue weighted by Crippen LogP contribution is -2.04. The van der Waals surface area contributed by atoms with Crippen LogP contribution < -0.4 is 4.74 Å².